The average molecular weight is 208 g/mol. The summed E-state index contributed by atoms with van der Waals surface area (Å²) in [5, 5.41) is 8.96. The van der Waals surface area contributed by atoms with E-state index in [-0.39, 0.29) is 17.2 Å². The molecule has 1 fully saturated rings. The van der Waals surface area contributed by atoms with Gasteiger partial charge in [0.1, 0.15) is 5.82 Å². The second kappa shape index (κ2) is 3.33. The zero-order valence-electron chi connectivity index (χ0n) is 8.53. The molecule has 1 aliphatic carbocycles. The second-order valence-electron chi connectivity index (χ2n) is 4.11. The maximum atomic E-state index is 12.7. The van der Waals surface area contributed by atoms with E-state index in [9.17, 15) is 9.18 Å². The minimum absolute atomic E-state index is 0.250. The molecule has 1 aromatic rings. The van der Waals surface area contributed by atoms with Crippen LogP contribution < -0.4 is 0 Å². The molecule has 0 spiro atoms. The van der Waals surface area contributed by atoms with Crippen molar-refractivity contribution < 1.29 is 14.3 Å². The van der Waals surface area contributed by atoms with E-state index in [4.69, 9.17) is 5.11 Å². The van der Waals surface area contributed by atoms with Gasteiger partial charge in [0.25, 0.3) is 0 Å². The predicted octanol–water partition coefficient (Wildman–Crippen LogP) is 2.58. The van der Waals surface area contributed by atoms with Crippen molar-refractivity contribution in [2.24, 2.45) is 5.92 Å². The number of carboxylic acids is 1. The van der Waals surface area contributed by atoms with Crippen LogP contribution >= 0.6 is 0 Å². The lowest BCUT2D eigenvalue weighted by atomic mass is 9.90. The van der Waals surface area contributed by atoms with E-state index in [1.807, 2.05) is 6.92 Å². The van der Waals surface area contributed by atoms with Gasteiger partial charge < -0.3 is 5.11 Å². The molecule has 3 heteroatoms. The fourth-order valence-corrected chi connectivity index (χ4v) is 2.32. The Bertz CT molecular complexity index is 385. The molecule has 1 N–H and O–H groups in total. The van der Waals surface area contributed by atoms with E-state index in [0.29, 0.717) is 6.42 Å². The molecule has 0 heterocycles. The first-order chi connectivity index (χ1) is 7.10. The van der Waals surface area contributed by atoms with Crippen LogP contribution in [0.1, 0.15) is 25.3 Å². The molecule has 0 saturated heterocycles. The number of carbonyl (C=O) groups is 1. The summed E-state index contributed by atoms with van der Waals surface area (Å²) in [6, 6.07) is 6.18. The highest BCUT2D eigenvalue weighted by atomic mass is 19.1. The summed E-state index contributed by atoms with van der Waals surface area (Å²) >= 11 is 0. The van der Waals surface area contributed by atoms with Crippen LogP contribution in [0.2, 0.25) is 0 Å². The molecule has 80 valence electrons. The van der Waals surface area contributed by atoms with Crippen molar-refractivity contribution in [3.05, 3.63) is 35.6 Å². The smallest absolute Gasteiger partial charge is 0.307 e. The van der Waals surface area contributed by atoms with E-state index in [0.717, 1.165) is 12.0 Å². The minimum Gasteiger partial charge on any atom is -0.481 e. The molecule has 2 rings (SSSR count). The highest BCUT2D eigenvalue weighted by Gasteiger charge is 2.58. The van der Waals surface area contributed by atoms with E-state index in [2.05, 4.69) is 0 Å². The standard InChI is InChI=1S/C12H13FO2/c1-2-12(7-10(12)11(14)15)8-3-5-9(13)6-4-8/h3-6,10H,2,7H2,1H3,(H,14,15). The summed E-state index contributed by atoms with van der Waals surface area (Å²) in [5.74, 6) is -1.33. The van der Waals surface area contributed by atoms with Gasteiger partial charge in [0.05, 0.1) is 5.92 Å². The normalized spacial score (nSPS) is 28.8. The second-order valence-corrected chi connectivity index (χ2v) is 4.11. The Morgan fingerprint density at radius 2 is 2.13 bits per heavy atom. The van der Waals surface area contributed by atoms with Crippen LogP contribution in [0.25, 0.3) is 0 Å². The SMILES string of the molecule is CCC1(c2ccc(F)cc2)CC1C(=O)O. The quantitative estimate of drug-likeness (QED) is 0.828. The fraction of sp³-hybridized carbons (Fsp3) is 0.417. The maximum absolute atomic E-state index is 12.7. The molecule has 0 aliphatic heterocycles. The van der Waals surface area contributed by atoms with Crippen molar-refractivity contribution in [2.45, 2.75) is 25.2 Å². The molecule has 2 unspecified atom stereocenters. The van der Waals surface area contributed by atoms with E-state index >= 15 is 0 Å². The molecule has 2 atom stereocenters. The molecule has 0 aromatic heterocycles. The number of aliphatic carboxylic acids is 1. The Hall–Kier alpha value is -1.38. The predicted molar refractivity (Wildman–Crippen MR) is 54.1 cm³/mol. The molecule has 0 radical (unpaired) electrons. The van der Waals surface area contributed by atoms with Gasteiger partial charge in [-0.3, -0.25) is 4.79 Å². The summed E-state index contributed by atoms with van der Waals surface area (Å²) in [6.07, 6.45) is 1.46. The Morgan fingerprint density at radius 1 is 1.53 bits per heavy atom. The molecule has 0 amide bonds. The van der Waals surface area contributed by atoms with E-state index in [1.165, 1.54) is 12.1 Å². The Labute approximate surface area is 87.7 Å². The van der Waals surface area contributed by atoms with Crippen molar-refractivity contribution in [3.8, 4) is 0 Å². The van der Waals surface area contributed by atoms with Gasteiger partial charge in [-0.25, -0.2) is 4.39 Å². The summed E-state index contributed by atoms with van der Waals surface area (Å²) in [4.78, 5) is 10.9. The van der Waals surface area contributed by atoms with Crippen LogP contribution in [0.4, 0.5) is 4.39 Å². The minimum atomic E-state index is -0.749. The third-order valence-corrected chi connectivity index (χ3v) is 3.42. The Balaban J connectivity index is 2.30. The van der Waals surface area contributed by atoms with Crippen LogP contribution in [0.5, 0.6) is 0 Å². The van der Waals surface area contributed by atoms with Crippen LogP contribution in [-0.4, -0.2) is 11.1 Å². The van der Waals surface area contributed by atoms with Crippen molar-refractivity contribution in [1.29, 1.82) is 0 Å². The first-order valence-corrected chi connectivity index (χ1v) is 5.09. The van der Waals surface area contributed by atoms with Gasteiger partial charge in [0, 0.05) is 5.41 Å². The van der Waals surface area contributed by atoms with Crippen molar-refractivity contribution in [1.82, 2.24) is 0 Å². The lowest BCUT2D eigenvalue weighted by Crippen LogP contribution is -2.14. The number of hydrogen-bond acceptors (Lipinski definition) is 1. The average Bonchev–Trinajstić information content (AvgIpc) is 2.95. The van der Waals surface area contributed by atoms with Crippen LogP contribution in [0.15, 0.2) is 24.3 Å². The number of rotatable bonds is 3. The molecule has 15 heavy (non-hydrogen) atoms. The largest absolute Gasteiger partial charge is 0.481 e. The van der Waals surface area contributed by atoms with E-state index in [1.54, 1.807) is 12.1 Å². The van der Waals surface area contributed by atoms with Gasteiger partial charge in [-0.15, -0.1) is 0 Å². The molecule has 0 bridgehead atoms. The first-order valence-electron chi connectivity index (χ1n) is 5.09. The van der Waals surface area contributed by atoms with Crippen LogP contribution in [-0.2, 0) is 10.2 Å². The Kier molecular flexibility index (Phi) is 2.25. The number of hydrogen-bond donors (Lipinski definition) is 1. The number of carboxylic acid groups (broad SMARTS) is 1. The summed E-state index contributed by atoms with van der Waals surface area (Å²) in [5.41, 5.74) is 0.693. The zero-order chi connectivity index (χ0) is 11.1. The summed E-state index contributed by atoms with van der Waals surface area (Å²) < 4.78 is 12.7. The maximum Gasteiger partial charge on any atom is 0.307 e. The first kappa shape index (κ1) is 10.1. The molecule has 1 saturated carbocycles. The van der Waals surface area contributed by atoms with E-state index < -0.39 is 5.97 Å². The lowest BCUT2D eigenvalue weighted by Gasteiger charge is -2.14. The van der Waals surface area contributed by atoms with Gasteiger partial charge in [0.2, 0.25) is 0 Å². The molecule has 1 aromatic carbocycles. The van der Waals surface area contributed by atoms with Crippen LogP contribution in [0, 0.1) is 11.7 Å². The van der Waals surface area contributed by atoms with Crippen molar-refractivity contribution in [3.63, 3.8) is 0 Å². The number of halogens is 1. The zero-order valence-corrected chi connectivity index (χ0v) is 8.53. The molecule has 1 aliphatic rings. The van der Waals surface area contributed by atoms with Gasteiger partial charge in [-0.2, -0.15) is 0 Å². The Morgan fingerprint density at radius 3 is 2.53 bits per heavy atom. The highest BCUT2D eigenvalue weighted by molar-refractivity contribution is 5.77. The van der Waals surface area contributed by atoms with Gasteiger partial charge in [0.15, 0.2) is 0 Å². The molecular formula is C12H13FO2. The van der Waals surface area contributed by atoms with Crippen molar-refractivity contribution >= 4 is 5.97 Å². The van der Waals surface area contributed by atoms with Crippen LogP contribution in [0.3, 0.4) is 0 Å². The van der Waals surface area contributed by atoms with Gasteiger partial charge >= 0.3 is 5.97 Å². The van der Waals surface area contributed by atoms with Gasteiger partial charge in [-0.05, 0) is 30.5 Å². The topological polar surface area (TPSA) is 37.3 Å². The number of benzene rings is 1. The third-order valence-electron chi connectivity index (χ3n) is 3.42. The van der Waals surface area contributed by atoms with Crippen molar-refractivity contribution in [2.75, 3.05) is 0 Å². The van der Waals surface area contributed by atoms with Gasteiger partial charge in [-0.1, -0.05) is 19.1 Å². The summed E-state index contributed by atoms with van der Waals surface area (Å²) in [7, 11) is 0. The highest BCUT2D eigenvalue weighted by Crippen LogP contribution is 2.56. The molecular weight excluding hydrogens is 195 g/mol. The molecule has 2 nitrogen and oxygen atoms in total. The summed E-state index contributed by atoms with van der Waals surface area (Å²) in [6.45, 7) is 1.98. The lowest BCUT2D eigenvalue weighted by molar-refractivity contribution is -0.139. The third kappa shape index (κ3) is 1.52. The fourth-order valence-electron chi connectivity index (χ4n) is 2.32. The monoisotopic (exact) mass is 208 g/mol.